The summed E-state index contributed by atoms with van der Waals surface area (Å²) in [6.45, 7) is 5.57. The largest absolute Gasteiger partial charge is 0.315 e. The maximum absolute atomic E-state index is 3.65. The fourth-order valence-corrected chi connectivity index (χ4v) is 3.21. The fourth-order valence-electron chi connectivity index (χ4n) is 2.73. The van der Waals surface area contributed by atoms with Crippen LogP contribution in [0.1, 0.15) is 45.1 Å². The van der Waals surface area contributed by atoms with Crippen molar-refractivity contribution in [3.8, 4) is 0 Å². The van der Waals surface area contributed by atoms with Crippen molar-refractivity contribution in [3.63, 3.8) is 0 Å². The molecule has 0 unspecified atom stereocenters. The summed E-state index contributed by atoms with van der Waals surface area (Å²) >= 11 is 3.65. The summed E-state index contributed by atoms with van der Waals surface area (Å²) < 4.78 is 1.20. The summed E-state index contributed by atoms with van der Waals surface area (Å²) in [5.41, 5.74) is 1.48. The first-order valence-corrected chi connectivity index (χ1v) is 8.87. The number of hydrogen-bond acceptors (Lipinski definition) is 1. The van der Waals surface area contributed by atoms with Gasteiger partial charge in [-0.3, -0.25) is 0 Å². The zero-order chi connectivity index (χ0) is 15.1. The molecule has 1 nitrogen and oxygen atoms in total. The minimum atomic E-state index is 0.610. The molecule has 1 N–H and O–H groups in total. The van der Waals surface area contributed by atoms with E-state index in [2.05, 4.69) is 71.5 Å². The first kappa shape index (κ1) is 16.5. The predicted molar refractivity (Wildman–Crippen MR) is 97.0 cm³/mol. The van der Waals surface area contributed by atoms with Crippen LogP contribution >= 0.6 is 15.9 Å². The Morgan fingerprint density at radius 3 is 2.38 bits per heavy atom. The molecule has 114 valence electrons. The van der Waals surface area contributed by atoms with Gasteiger partial charge in [-0.2, -0.15) is 0 Å². The normalized spacial score (nSPS) is 11.4. The van der Waals surface area contributed by atoms with Crippen LogP contribution in [0.3, 0.4) is 0 Å². The molecule has 0 heterocycles. The Morgan fingerprint density at radius 1 is 0.905 bits per heavy atom. The third kappa shape index (κ3) is 5.12. The van der Waals surface area contributed by atoms with Crippen LogP contribution in [0.2, 0.25) is 0 Å². The zero-order valence-electron chi connectivity index (χ0n) is 13.2. The van der Waals surface area contributed by atoms with E-state index in [1.807, 2.05) is 0 Å². The predicted octanol–water partition coefficient (Wildman–Crippen LogP) is 5.70. The Hall–Kier alpha value is -0.860. The van der Waals surface area contributed by atoms with Gasteiger partial charge >= 0.3 is 0 Å². The van der Waals surface area contributed by atoms with E-state index in [1.54, 1.807) is 0 Å². The summed E-state index contributed by atoms with van der Waals surface area (Å²) in [5, 5.41) is 6.21. The second kappa shape index (κ2) is 8.55. The molecule has 2 aromatic carbocycles. The molecule has 0 saturated carbocycles. The molecule has 0 saturated heterocycles. The van der Waals surface area contributed by atoms with Crippen LogP contribution in [-0.4, -0.2) is 12.6 Å². The van der Waals surface area contributed by atoms with Crippen molar-refractivity contribution in [1.29, 1.82) is 0 Å². The summed E-state index contributed by atoms with van der Waals surface area (Å²) in [5.74, 6) is 0. The van der Waals surface area contributed by atoms with Gasteiger partial charge in [0.15, 0.2) is 0 Å². The molecule has 0 radical (unpaired) electrons. The van der Waals surface area contributed by atoms with E-state index in [-0.39, 0.29) is 0 Å². The minimum absolute atomic E-state index is 0.610. The molecule has 0 aliphatic rings. The number of benzene rings is 2. The Bertz CT molecular complexity index is 562. The molecule has 2 aromatic rings. The second-order valence-electron chi connectivity index (χ2n) is 6.03. The van der Waals surface area contributed by atoms with Crippen LogP contribution in [-0.2, 0) is 6.42 Å². The highest BCUT2D eigenvalue weighted by molar-refractivity contribution is 9.10. The number of rotatable bonds is 8. The summed E-state index contributed by atoms with van der Waals surface area (Å²) in [6, 6.07) is 13.7. The third-order valence-corrected chi connectivity index (χ3v) is 4.58. The van der Waals surface area contributed by atoms with Crippen molar-refractivity contribution in [1.82, 2.24) is 5.32 Å². The quantitative estimate of drug-likeness (QED) is 0.603. The molecule has 0 aliphatic carbocycles. The van der Waals surface area contributed by atoms with Gasteiger partial charge in [0.05, 0.1) is 0 Å². The number of halogens is 1. The number of aryl methyl sites for hydroxylation is 1. The van der Waals surface area contributed by atoms with Crippen LogP contribution < -0.4 is 5.32 Å². The zero-order valence-corrected chi connectivity index (χ0v) is 14.7. The molecule has 0 aromatic heterocycles. The molecule has 0 atom stereocenters. The van der Waals surface area contributed by atoms with E-state index in [4.69, 9.17) is 0 Å². The molecule has 2 heteroatoms. The van der Waals surface area contributed by atoms with Gasteiger partial charge in [0.1, 0.15) is 0 Å². The molecule has 21 heavy (non-hydrogen) atoms. The lowest BCUT2D eigenvalue weighted by Crippen LogP contribution is -2.23. The van der Waals surface area contributed by atoms with E-state index in [0.717, 1.165) is 6.54 Å². The van der Waals surface area contributed by atoms with Crippen molar-refractivity contribution in [3.05, 3.63) is 46.4 Å². The van der Waals surface area contributed by atoms with Crippen LogP contribution in [0.4, 0.5) is 0 Å². The Balaban J connectivity index is 1.80. The average Bonchev–Trinajstić information content (AvgIpc) is 2.48. The third-order valence-electron chi connectivity index (χ3n) is 3.89. The monoisotopic (exact) mass is 347 g/mol. The standard InChI is InChI=1S/C19H26BrN/c1-15(2)21-14-8-4-3-5-9-16-12-13-19(20)18-11-7-6-10-17(16)18/h6-7,10-13,15,21H,3-5,8-9,14H2,1-2H3. The van der Waals surface area contributed by atoms with Gasteiger partial charge in [0.25, 0.3) is 0 Å². The van der Waals surface area contributed by atoms with Crippen molar-refractivity contribution >= 4 is 26.7 Å². The van der Waals surface area contributed by atoms with E-state index in [0.29, 0.717) is 6.04 Å². The fraction of sp³-hybridized carbons (Fsp3) is 0.474. The molecule has 0 aliphatic heterocycles. The summed E-state index contributed by atoms with van der Waals surface area (Å²) in [7, 11) is 0. The number of nitrogens with one attached hydrogen (secondary N) is 1. The van der Waals surface area contributed by atoms with Gasteiger partial charge in [-0.05, 0) is 48.2 Å². The molecule has 2 rings (SSSR count). The first-order chi connectivity index (χ1) is 10.2. The Kier molecular flexibility index (Phi) is 6.72. The van der Waals surface area contributed by atoms with Gasteiger partial charge in [-0.15, -0.1) is 0 Å². The van der Waals surface area contributed by atoms with E-state index in [9.17, 15) is 0 Å². The molecular formula is C19H26BrN. The maximum Gasteiger partial charge on any atom is 0.0253 e. The lowest BCUT2D eigenvalue weighted by atomic mass is 9.99. The number of hydrogen-bond donors (Lipinski definition) is 1. The van der Waals surface area contributed by atoms with Crippen LogP contribution in [0.5, 0.6) is 0 Å². The van der Waals surface area contributed by atoms with Crippen LogP contribution in [0.25, 0.3) is 10.8 Å². The number of fused-ring (bicyclic) bond motifs is 1. The average molecular weight is 348 g/mol. The van der Waals surface area contributed by atoms with E-state index in [1.165, 1.54) is 52.9 Å². The SMILES string of the molecule is CC(C)NCCCCCCc1ccc(Br)c2ccccc12. The minimum Gasteiger partial charge on any atom is -0.315 e. The van der Waals surface area contributed by atoms with Gasteiger partial charge in [0.2, 0.25) is 0 Å². The van der Waals surface area contributed by atoms with Crippen molar-refractivity contribution in [2.75, 3.05) is 6.54 Å². The smallest absolute Gasteiger partial charge is 0.0253 e. The topological polar surface area (TPSA) is 12.0 Å². The Labute approximate surface area is 137 Å². The highest BCUT2D eigenvalue weighted by Gasteiger charge is 2.03. The molecule has 0 bridgehead atoms. The van der Waals surface area contributed by atoms with Gasteiger partial charge in [-0.1, -0.05) is 73.0 Å². The van der Waals surface area contributed by atoms with Gasteiger partial charge in [0, 0.05) is 10.5 Å². The van der Waals surface area contributed by atoms with E-state index < -0.39 is 0 Å². The molecule has 0 amide bonds. The van der Waals surface area contributed by atoms with Crippen molar-refractivity contribution < 1.29 is 0 Å². The molecule has 0 spiro atoms. The van der Waals surface area contributed by atoms with Crippen molar-refractivity contribution in [2.45, 2.75) is 52.0 Å². The highest BCUT2D eigenvalue weighted by atomic mass is 79.9. The first-order valence-electron chi connectivity index (χ1n) is 8.08. The summed E-state index contributed by atoms with van der Waals surface area (Å²) in [4.78, 5) is 0. The lowest BCUT2D eigenvalue weighted by molar-refractivity contribution is 0.542. The van der Waals surface area contributed by atoms with Gasteiger partial charge < -0.3 is 5.32 Å². The molecule has 0 fully saturated rings. The van der Waals surface area contributed by atoms with E-state index >= 15 is 0 Å². The second-order valence-corrected chi connectivity index (χ2v) is 6.88. The molecular weight excluding hydrogens is 322 g/mol. The highest BCUT2D eigenvalue weighted by Crippen LogP contribution is 2.27. The number of unbranched alkanes of at least 4 members (excludes halogenated alkanes) is 3. The van der Waals surface area contributed by atoms with Crippen molar-refractivity contribution in [2.24, 2.45) is 0 Å². The maximum atomic E-state index is 3.65. The van der Waals surface area contributed by atoms with Gasteiger partial charge in [-0.25, -0.2) is 0 Å². The van der Waals surface area contributed by atoms with Crippen LogP contribution in [0.15, 0.2) is 40.9 Å². The Morgan fingerprint density at radius 2 is 1.62 bits per heavy atom. The summed E-state index contributed by atoms with van der Waals surface area (Å²) in [6.07, 6.45) is 6.41. The lowest BCUT2D eigenvalue weighted by Gasteiger charge is -2.09. The van der Waals surface area contributed by atoms with Crippen LogP contribution in [0, 0.1) is 0 Å².